The molecule has 3 aliphatic rings. The fourth-order valence-electron chi connectivity index (χ4n) is 3.86. The van der Waals surface area contributed by atoms with E-state index in [1.54, 1.807) is 32.0 Å². The number of carbonyl (C=O) groups is 2. The number of aryl methyl sites for hydroxylation is 1. The predicted molar refractivity (Wildman–Crippen MR) is 126 cm³/mol. The molecule has 0 bridgehead atoms. The average Bonchev–Trinajstić information content (AvgIpc) is 3.49. The van der Waals surface area contributed by atoms with Gasteiger partial charge in [-0.15, -0.1) is 5.06 Å². The first-order valence-electron chi connectivity index (χ1n) is 10.7. The van der Waals surface area contributed by atoms with Crippen LogP contribution in [0.15, 0.2) is 33.8 Å². The normalized spacial score (nSPS) is 17.2. The highest BCUT2D eigenvalue weighted by Gasteiger charge is 2.69. The van der Waals surface area contributed by atoms with Crippen LogP contribution in [0.2, 0.25) is 5.02 Å². The van der Waals surface area contributed by atoms with Crippen molar-refractivity contribution in [2.75, 3.05) is 5.32 Å². The SMILES string of the molecule is Cc1noc(C#Cc2nc3c(s2)ON2C(=O)C4(CC4)C2=N3)c1NC(=O)OC(C)c1ccccc1Cl. The number of aliphatic imine (C=N–C) groups is 1. The van der Waals surface area contributed by atoms with Crippen LogP contribution in [0.25, 0.3) is 0 Å². The Labute approximate surface area is 207 Å². The number of thiazole rings is 1. The molecule has 2 fully saturated rings. The van der Waals surface area contributed by atoms with E-state index in [1.807, 2.05) is 6.07 Å². The summed E-state index contributed by atoms with van der Waals surface area (Å²) >= 11 is 7.34. The van der Waals surface area contributed by atoms with Gasteiger partial charge in [0.05, 0.1) is 0 Å². The van der Waals surface area contributed by atoms with Crippen LogP contribution in [0, 0.1) is 24.2 Å². The molecule has 4 heterocycles. The second-order valence-electron chi connectivity index (χ2n) is 8.25. The second kappa shape index (κ2) is 7.83. The van der Waals surface area contributed by atoms with E-state index in [9.17, 15) is 9.59 Å². The van der Waals surface area contributed by atoms with Crippen molar-refractivity contribution in [2.24, 2.45) is 10.4 Å². The first-order chi connectivity index (χ1) is 16.9. The zero-order valence-corrected chi connectivity index (χ0v) is 20.0. The molecular formula is C23H16ClN5O5S. The number of rotatable bonds is 3. The highest BCUT2D eigenvalue weighted by atomic mass is 35.5. The number of benzene rings is 1. The van der Waals surface area contributed by atoms with Gasteiger partial charge in [0.15, 0.2) is 10.8 Å². The van der Waals surface area contributed by atoms with Crippen LogP contribution in [0.5, 0.6) is 5.06 Å². The van der Waals surface area contributed by atoms with Gasteiger partial charge in [0.25, 0.3) is 11.0 Å². The molecule has 1 aliphatic carbocycles. The van der Waals surface area contributed by atoms with Gasteiger partial charge >= 0.3 is 6.09 Å². The lowest BCUT2D eigenvalue weighted by Gasteiger charge is -2.39. The van der Waals surface area contributed by atoms with Gasteiger partial charge in [-0.25, -0.2) is 14.8 Å². The summed E-state index contributed by atoms with van der Waals surface area (Å²) in [7, 11) is 0. The number of hydrogen-bond acceptors (Lipinski definition) is 9. The topological polar surface area (TPSA) is 119 Å². The Morgan fingerprint density at radius 3 is 2.91 bits per heavy atom. The highest BCUT2D eigenvalue weighted by Crippen LogP contribution is 2.58. The molecule has 3 aromatic rings. The van der Waals surface area contributed by atoms with E-state index in [4.69, 9.17) is 25.7 Å². The number of nitrogens with one attached hydrogen (secondary N) is 1. The van der Waals surface area contributed by atoms with Crippen molar-refractivity contribution in [3.05, 3.63) is 51.3 Å². The van der Waals surface area contributed by atoms with Gasteiger partial charge in [0, 0.05) is 10.6 Å². The molecule has 1 spiro atoms. The molecule has 2 aliphatic heterocycles. The van der Waals surface area contributed by atoms with Crippen LogP contribution in [-0.4, -0.2) is 33.0 Å². The fourth-order valence-corrected chi connectivity index (χ4v) is 4.86. The van der Waals surface area contributed by atoms with Gasteiger partial charge in [-0.05, 0) is 44.6 Å². The van der Waals surface area contributed by atoms with Crippen molar-refractivity contribution in [3.8, 4) is 16.9 Å². The minimum Gasteiger partial charge on any atom is -0.441 e. The van der Waals surface area contributed by atoms with E-state index in [2.05, 4.69) is 32.3 Å². The number of halogens is 1. The molecule has 1 atom stereocenters. The summed E-state index contributed by atoms with van der Waals surface area (Å²) in [6, 6.07) is 7.12. The summed E-state index contributed by atoms with van der Waals surface area (Å²) in [6.07, 6.45) is 0.298. The number of hydroxylamine groups is 2. The third-order valence-electron chi connectivity index (χ3n) is 5.93. The van der Waals surface area contributed by atoms with Crippen LogP contribution in [0.3, 0.4) is 0 Å². The van der Waals surface area contributed by atoms with E-state index in [0.717, 1.165) is 24.2 Å². The molecule has 0 radical (unpaired) electrons. The second-order valence-corrected chi connectivity index (χ2v) is 9.62. The van der Waals surface area contributed by atoms with E-state index in [1.165, 1.54) is 5.06 Å². The van der Waals surface area contributed by atoms with Gasteiger partial charge < -0.3 is 14.1 Å². The molecule has 12 heteroatoms. The van der Waals surface area contributed by atoms with Crippen LogP contribution in [0.4, 0.5) is 16.3 Å². The maximum atomic E-state index is 12.5. The Morgan fingerprint density at radius 2 is 2.14 bits per heavy atom. The maximum absolute atomic E-state index is 12.5. The number of amidine groups is 1. The third kappa shape index (κ3) is 3.53. The fraction of sp³-hybridized carbons (Fsp3) is 0.261. The smallest absolute Gasteiger partial charge is 0.412 e. The molecule has 35 heavy (non-hydrogen) atoms. The molecule has 6 rings (SSSR count). The van der Waals surface area contributed by atoms with Crippen LogP contribution in [0.1, 0.15) is 47.9 Å². The maximum Gasteiger partial charge on any atom is 0.412 e. The number of anilines is 1. The Kier molecular flexibility index (Phi) is 4.84. The lowest BCUT2D eigenvalue weighted by molar-refractivity contribution is -0.159. The molecule has 176 valence electrons. The summed E-state index contributed by atoms with van der Waals surface area (Å²) in [5, 5.41) is 9.05. The standard InChI is InChI=1S/C23H16ClN5O5S/c1-11-17(26-22(31)32-12(2)13-5-3-4-6-14(13)24)15(33-28-11)7-8-16-25-18-19(35-16)34-29-20(27-18)23(9-10-23)21(29)30/h3-6,12H,9-10H2,1-2H3,(H,26,31). The molecule has 2 amide bonds. The van der Waals surface area contributed by atoms with Crippen molar-refractivity contribution in [1.82, 2.24) is 15.2 Å². The van der Waals surface area contributed by atoms with Crippen LogP contribution >= 0.6 is 22.9 Å². The first kappa shape index (κ1) is 21.6. The lowest BCUT2D eigenvalue weighted by atomic mass is 9.95. The van der Waals surface area contributed by atoms with Crippen molar-refractivity contribution >= 4 is 52.3 Å². The Morgan fingerprint density at radius 1 is 1.34 bits per heavy atom. The van der Waals surface area contributed by atoms with E-state index in [0.29, 0.717) is 38.0 Å². The van der Waals surface area contributed by atoms with Crippen LogP contribution in [-0.2, 0) is 9.53 Å². The Hall–Kier alpha value is -3.88. The van der Waals surface area contributed by atoms with Crippen molar-refractivity contribution in [2.45, 2.75) is 32.8 Å². The number of carbonyl (C=O) groups excluding carboxylic acids is 2. The minimum atomic E-state index is -0.705. The van der Waals surface area contributed by atoms with E-state index >= 15 is 0 Å². The minimum absolute atomic E-state index is 0.0634. The monoisotopic (exact) mass is 509 g/mol. The predicted octanol–water partition coefficient (Wildman–Crippen LogP) is 4.76. The highest BCUT2D eigenvalue weighted by molar-refractivity contribution is 7.14. The molecule has 2 aromatic heterocycles. The number of hydrogen-bond donors (Lipinski definition) is 1. The Bertz CT molecular complexity index is 1500. The molecule has 1 N–H and O–H groups in total. The molecule has 10 nitrogen and oxygen atoms in total. The number of nitrogens with zero attached hydrogens (tertiary/aromatic N) is 4. The lowest BCUT2D eigenvalue weighted by Crippen LogP contribution is -2.61. The summed E-state index contributed by atoms with van der Waals surface area (Å²) in [6.45, 7) is 3.39. The van der Waals surface area contributed by atoms with Crippen molar-refractivity contribution in [3.63, 3.8) is 0 Å². The number of amides is 2. The zero-order chi connectivity index (χ0) is 24.3. The third-order valence-corrected chi connectivity index (χ3v) is 7.10. The number of fused-ring (bicyclic) bond motifs is 3. The quantitative estimate of drug-likeness (QED) is 0.399. The van der Waals surface area contributed by atoms with Gasteiger partial charge in [-0.2, -0.15) is 0 Å². The van der Waals surface area contributed by atoms with E-state index in [-0.39, 0.29) is 17.4 Å². The van der Waals surface area contributed by atoms with Gasteiger partial charge in [0.2, 0.25) is 11.6 Å². The summed E-state index contributed by atoms with van der Waals surface area (Å²) < 4.78 is 10.7. The first-order valence-corrected chi connectivity index (χ1v) is 11.9. The summed E-state index contributed by atoms with van der Waals surface area (Å²) in [5.74, 6) is 6.79. The van der Waals surface area contributed by atoms with Crippen LogP contribution < -0.4 is 10.2 Å². The van der Waals surface area contributed by atoms with Gasteiger partial charge in [0.1, 0.15) is 22.9 Å². The number of β-lactam (4-membered cyclic amide) rings is 1. The van der Waals surface area contributed by atoms with Crippen molar-refractivity contribution in [1.29, 1.82) is 0 Å². The molecular weight excluding hydrogens is 494 g/mol. The number of aromatic nitrogens is 2. The van der Waals surface area contributed by atoms with Gasteiger partial charge in [-0.3, -0.25) is 10.1 Å². The summed E-state index contributed by atoms with van der Waals surface area (Å²) in [5.41, 5.74) is 0.937. The molecule has 1 saturated carbocycles. The average molecular weight is 510 g/mol. The summed E-state index contributed by atoms with van der Waals surface area (Å²) in [4.78, 5) is 39.2. The number of ether oxygens (including phenoxy) is 1. The largest absolute Gasteiger partial charge is 0.441 e. The van der Waals surface area contributed by atoms with E-state index < -0.39 is 17.6 Å². The Balaban J connectivity index is 1.18. The van der Waals surface area contributed by atoms with Crippen molar-refractivity contribution < 1.29 is 23.7 Å². The van der Waals surface area contributed by atoms with Gasteiger partial charge in [-0.1, -0.05) is 46.3 Å². The molecule has 1 saturated heterocycles. The molecule has 1 unspecified atom stereocenters. The zero-order valence-electron chi connectivity index (χ0n) is 18.4. The molecule has 1 aromatic carbocycles.